The van der Waals surface area contributed by atoms with Gasteiger partial charge in [-0.05, 0) is 31.0 Å². The van der Waals surface area contributed by atoms with E-state index in [9.17, 15) is 13.2 Å². The zero-order valence-corrected chi connectivity index (χ0v) is 10.3. The van der Waals surface area contributed by atoms with Crippen LogP contribution in [0.3, 0.4) is 0 Å². The van der Waals surface area contributed by atoms with Gasteiger partial charge in [-0.15, -0.1) is 13.2 Å². The van der Waals surface area contributed by atoms with E-state index in [1.807, 2.05) is 0 Å². The lowest BCUT2D eigenvalue weighted by Gasteiger charge is -2.16. The zero-order chi connectivity index (χ0) is 13.9. The Morgan fingerprint density at radius 2 is 2.05 bits per heavy atom. The highest BCUT2D eigenvalue weighted by atomic mass is 19.4. The molecule has 1 N–H and O–H groups in total. The lowest BCUT2D eigenvalue weighted by molar-refractivity contribution is -0.275. The number of ether oxygens (including phenoxy) is 2. The molecule has 0 saturated carbocycles. The Morgan fingerprint density at radius 1 is 1.26 bits per heavy atom. The van der Waals surface area contributed by atoms with Crippen LogP contribution in [0, 0.1) is 0 Å². The molecule has 7 heteroatoms. The van der Waals surface area contributed by atoms with Gasteiger partial charge in [0, 0.05) is 12.1 Å². The largest absolute Gasteiger partial charge is 0.573 e. The van der Waals surface area contributed by atoms with E-state index in [2.05, 4.69) is 15.3 Å². The van der Waals surface area contributed by atoms with Crippen molar-refractivity contribution in [3.63, 3.8) is 0 Å². The highest BCUT2D eigenvalue weighted by Crippen LogP contribution is 2.33. The van der Waals surface area contributed by atoms with Crippen LogP contribution in [0.4, 0.5) is 13.2 Å². The van der Waals surface area contributed by atoms with Gasteiger partial charge < -0.3 is 14.9 Å². The molecule has 0 saturated heterocycles. The van der Waals surface area contributed by atoms with Crippen molar-refractivity contribution in [2.24, 2.45) is 5.10 Å². The predicted octanol–water partition coefficient (Wildman–Crippen LogP) is 2.68. The number of methoxy groups -OCH3 is 1. The average molecular weight is 274 g/mol. The second-order valence-electron chi connectivity index (χ2n) is 3.98. The van der Waals surface area contributed by atoms with E-state index in [1.54, 1.807) is 6.07 Å². The molecule has 4 nitrogen and oxygen atoms in total. The van der Waals surface area contributed by atoms with E-state index < -0.39 is 6.36 Å². The van der Waals surface area contributed by atoms with Crippen molar-refractivity contribution in [2.75, 3.05) is 13.7 Å². The molecule has 1 aliphatic heterocycles. The summed E-state index contributed by atoms with van der Waals surface area (Å²) in [6.45, 7) is 0.769. The summed E-state index contributed by atoms with van der Waals surface area (Å²) in [5.41, 5.74) is 4.12. The Kier molecular flexibility index (Phi) is 3.82. The first-order chi connectivity index (χ1) is 8.99. The van der Waals surface area contributed by atoms with Crippen molar-refractivity contribution in [2.45, 2.75) is 19.2 Å². The third kappa shape index (κ3) is 3.52. The molecule has 1 aliphatic rings. The van der Waals surface area contributed by atoms with Crippen molar-refractivity contribution < 1.29 is 22.6 Å². The van der Waals surface area contributed by atoms with Gasteiger partial charge >= 0.3 is 6.36 Å². The lowest BCUT2D eigenvalue weighted by atomic mass is 10.0. The number of halogens is 3. The first kappa shape index (κ1) is 13.5. The molecule has 19 heavy (non-hydrogen) atoms. The zero-order valence-electron chi connectivity index (χ0n) is 10.3. The van der Waals surface area contributed by atoms with E-state index >= 15 is 0 Å². The van der Waals surface area contributed by atoms with E-state index in [1.165, 1.54) is 19.2 Å². The van der Waals surface area contributed by atoms with Gasteiger partial charge in [0.25, 0.3) is 0 Å². The molecule has 0 aromatic heterocycles. The minimum atomic E-state index is -4.75. The summed E-state index contributed by atoms with van der Waals surface area (Å²) >= 11 is 0. The van der Waals surface area contributed by atoms with Gasteiger partial charge in [0.2, 0.25) is 0 Å². The van der Waals surface area contributed by atoms with Crippen molar-refractivity contribution in [1.82, 2.24) is 5.43 Å². The minimum Gasteiger partial charge on any atom is -0.493 e. The molecular formula is C12H13F3N2O2. The molecule has 1 aromatic rings. The third-order valence-corrected chi connectivity index (χ3v) is 2.64. The number of nitrogens with zero attached hydrogens (tertiary/aromatic N) is 1. The molecule has 0 fully saturated rings. The SMILES string of the molecule is COc1ccc(C2=NNCCC2)cc1OC(F)(F)F. The Hall–Kier alpha value is -1.92. The monoisotopic (exact) mass is 274 g/mol. The quantitative estimate of drug-likeness (QED) is 0.921. The van der Waals surface area contributed by atoms with E-state index in [0.717, 1.165) is 13.0 Å². The average Bonchev–Trinajstić information content (AvgIpc) is 2.38. The number of nitrogens with one attached hydrogen (secondary N) is 1. The Balaban J connectivity index is 2.32. The summed E-state index contributed by atoms with van der Waals surface area (Å²) in [7, 11) is 1.29. The third-order valence-electron chi connectivity index (χ3n) is 2.64. The van der Waals surface area contributed by atoms with Gasteiger partial charge in [-0.1, -0.05) is 0 Å². The van der Waals surface area contributed by atoms with Crippen LogP contribution in [0.25, 0.3) is 0 Å². The first-order valence-corrected chi connectivity index (χ1v) is 5.73. The molecule has 0 atom stereocenters. The Morgan fingerprint density at radius 3 is 2.63 bits per heavy atom. The second kappa shape index (κ2) is 5.38. The van der Waals surface area contributed by atoms with Crippen LogP contribution in [0.1, 0.15) is 18.4 Å². The lowest BCUT2D eigenvalue weighted by Crippen LogP contribution is -2.20. The number of hydrogen-bond donors (Lipinski definition) is 1. The van der Waals surface area contributed by atoms with Crippen LogP contribution in [0.2, 0.25) is 0 Å². The van der Waals surface area contributed by atoms with Crippen LogP contribution >= 0.6 is 0 Å². The van der Waals surface area contributed by atoms with E-state index in [4.69, 9.17) is 4.74 Å². The molecule has 0 spiro atoms. The summed E-state index contributed by atoms with van der Waals surface area (Å²) in [5.74, 6) is -0.328. The second-order valence-corrected chi connectivity index (χ2v) is 3.98. The normalized spacial score (nSPS) is 15.5. The maximum Gasteiger partial charge on any atom is 0.573 e. The summed E-state index contributed by atoms with van der Waals surface area (Å²) < 4.78 is 45.7. The smallest absolute Gasteiger partial charge is 0.493 e. The molecule has 104 valence electrons. The fourth-order valence-electron chi connectivity index (χ4n) is 1.81. The molecule has 0 aliphatic carbocycles. The Bertz CT molecular complexity index is 486. The molecule has 0 amide bonds. The molecular weight excluding hydrogens is 261 g/mol. The van der Waals surface area contributed by atoms with Crippen LogP contribution < -0.4 is 14.9 Å². The molecule has 0 radical (unpaired) electrons. The van der Waals surface area contributed by atoms with Crippen molar-refractivity contribution >= 4 is 5.71 Å². The summed E-state index contributed by atoms with van der Waals surface area (Å²) in [4.78, 5) is 0. The highest BCUT2D eigenvalue weighted by molar-refractivity contribution is 6.01. The molecule has 0 unspecified atom stereocenters. The van der Waals surface area contributed by atoms with Gasteiger partial charge in [-0.25, -0.2) is 0 Å². The molecule has 1 aromatic carbocycles. The van der Waals surface area contributed by atoms with Gasteiger partial charge in [0.15, 0.2) is 11.5 Å². The number of rotatable bonds is 3. The summed E-state index contributed by atoms with van der Waals surface area (Å²) in [6.07, 6.45) is -3.15. The number of alkyl halides is 3. The minimum absolute atomic E-state index is 0.0328. The van der Waals surface area contributed by atoms with Crippen LogP contribution in [-0.4, -0.2) is 25.7 Å². The fraction of sp³-hybridized carbons (Fsp3) is 0.417. The standard InChI is InChI=1S/C12H13F3N2O2/c1-18-10-5-4-8(9-3-2-6-16-17-9)7-11(10)19-12(13,14)15/h4-5,7,16H,2-3,6H2,1H3. The van der Waals surface area contributed by atoms with Crippen molar-refractivity contribution in [1.29, 1.82) is 0 Å². The van der Waals surface area contributed by atoms with Gasteiger partial charge in [-0.2, -0.15) is 5.10 Å². The highest BCUT2D eigenvalue weighted by Gasteiger charge is 2.32. The molecule has 0 bridgehead atoms. The summed E-state index contributed by atoms with van der Waals surface area (Å²) in [6, 6.07) is 4.39. The first-order valence-electron chi connectivity index (χ1n) is 5.73. The van der Waals surface area contributed by atoms with E-state index in [-0.39, 0.29) is 11.5 Å². The van der Waals surface area contributed by atoms with Crippen molar-refractivity contribution in [3.05, 3.63) is 23.8 Å². The number of benzene rings is 1. The Labute approximate surface area is 108 Å². The maximum atomic E-state index is 12.3. The number of hydrazone groups is 1. The van der Waals surface area contributed by atoms with Crippen molar-refractivity contribution in [3.8, 4) is 11.5 Å². The van der Waals surface area contributed by atoms with Crippen LogP contribution in [-0.2, 0) is 0 Å². The van der Waals surface area contributed by atoms with Crippen LogP contribution in [0.5, 0.6) is 11.5 Å². The van der Waals surface area contributed by atoms with Crippen LogP contribution in [0.15, 0.2) is 23.3 Å². The predicted molar refractivity (Wildman–Crippen MR) is 63.5 cm³/mol. The topological polar surface area (TPSA) is 42.8 Å². The number of hydrogen-bond acceptors (Lipinski definition) is 4. The van der Waals surface area contributed by atoms with E-state index in [0.29, 0.717) is 17.7 Å². The van der Waals surface area contributed by atoms with Gasteiger partial charge in [-0.3, -0.25) is 0 Å². The maximum absolute atomic E-state index is 12.3. The van der Waals surface area contributed by atoms with Gasteiger partial charge in [0.1, 0.15) is 0 Å². The fourth-order valence-corrected chi connectivity index (χ4v) is 1.81. The molecule has 1 heterocycles. The summed E-state index contributed by atoms with van der Waals surface area (Å²) in [5, 5.41) is 4.08. The van der Waals surface area contributed by atoms with Gasteiger partial charge in [0.05, 0.1) is 12.8 Å². The molecule has 2 rings (SSSR count).